The lowest BCUT2D eigenvalue weighted by molar-refractivity contribution is -0.275. The summed E-state index contributed by atoms with van der Waals surface area (Å²) in [6, 6.07) is 23.6. The Hall–Kier alpha value is -5.13. The van der Waals surface area contributed by atoms with E-state index in [9.17, 15) is 23.1 Å². The summed E-state index contributed by atoms with van der Waals surface area (Å²) in [5, 5.41) is 16.8. The van der Waals surface area contributed by atoms with Gasteiger partial charge in [-0.25, -0.2) is 14.8 Å². The molecule has 5 rings (SSSR count). The molecule has 5 aromatic rings. The van der Waals surface area contributed by atoms with Crippen LogP contribution in [0.5, 0.6) is 5.88 Å². The van der Waals surface area contributed by atoms with E-state index in [4.69, 9.17) is 0 Å². The third kappa shape index (κ3) is 6.06. The van der Waals surface area contributed by atoms with Gasteiger partial charge in [0.25, 0.3) is 0 Å². The largest absolute Gasteiger partial charge is 0.574 e. The van der Waals surface area contributed by atoms with Crippen molar-refractivity contribution < 1.29 is 27.8 Å². The topological polar surface area (TPSA) is 105 Å². The lowest BCUT2D eigenvalue weighted by atomic mass is 10.1. The maximum atomic E-state index is 13.0. The van der Waals surface area contributed by atoms with E-state index in [2.05, 4.69) is 25.1 Å². The zero-order valence-electron chi connectivity index (χ0n) is 20.2. The number of aromatic carboxylic acids is 1. The third-order valence-corrected chi connectivity index (χ3v) is 5.69. The van der Waals surface area contributed by atoms with Crippen molar-refractivity contribution in [1.29, 1.82) is 0 Å². The first-order chi connectivity index (χ1) is 18.8. The van der Waals surface area contributed by atoms with Gasteiger partial charge in [0.05, 0.1) is 6.20 Å². The monoisotopic (exact) mass is 534 g/mol. The third-order valence-electron chi connectivity index (χ3n) is 5.69. The molecular formula is C27H21F3N6O3. The Morgan fingerprint density at radius 1 is 0.974 bits per heavy atom. The SMILES string of the molecule is O=C(O)c1cnn2c(N(Cc3ccccc3)Cc3ccccc3)cc(Nc3cccnc3OC(F)(F)F)nc12. The van der Waals surface area contributed by atoms with E-state index in [1.54, 1.807) is 6.07 Å². The first kappa shape index (κ1) is 25.5. The molecule has 3 heterocycles. The van der Waals surface area contributed by atoms with Gasteiger partial charge in [0.2, 0.25) is 5.88 Å². The minimum absolute atomic E-state index is 0.0100. The van der Waals surface area contributed by atoms with E-state index < -0.39 is 18.2 Å². The van der Waals surface area contributed by atoms with Gasteiger partial charge < -0.3 is 20.1 Å². The van der Waals surface area contributed by atoms with Gasteiger partial charge in [0, 0.05) is 25.4 Å². The van der Waals surface area contributed by atoms with Crippen molar-refractivity contribution in [1.82, 2.24) is 19.6 Å². The lowest BCUT2D eigenvalue weighted by Crippen LogP contribution is -2.25. The number of anilines is 3. The van der Waals surface area contributed by atoms with E-state index in [0.29, 0.717) is 18.9 Å². The molecule has 0 spiro atoms. The number of hydrogen-bond acceptors (Lipinski definition) is 7. The molecule has 0 fully saturated rings. The van der Waals surface area contributed by atoms with Crippen molar-refractivity contribution in [2.75, 3.05) is 10.2 Å². The minimum atomic E-state index is -4.96. The van der Waals surface area contributed by atoms with Crippen LogP contribution in [0.15, 0.2) is 91.3 Å². The maximum Gasteiger partial charge on any atom is 0.574 e. The summed E-state index contributed by atoms with van der Waals surface area (Å²) >= 11 is 0. The number of nitrogens with zero attached hydrogens (tertiary/aromatic N) is 5. The molecule has 0 aliphatic carbocycles. The Morgan fingerprint density at radius 3 is 2.21 bits per heavy atom. The zero-order chi connectivity index (χ0) is 27.4. The molecule has 0 saturated heterocycles. The van der Waals surface area contributed by atoms with Crippen molar-refractivity contribution in [3.63, 3.8) is 0 Å². The highest BCUT2D eigenvalue weighted by atomic mass is 19.4. The fourth-order valence-electron chi connectivity index (χ4n) is 4.03. The number of hydrogen-bond donors (Lipinski definition) is 2. The highest BCUT2D eigenvalue weighted by Gasteiger charge is 2.33. The smallest absolute Gasteiger partial charge is 0.477 e. The summed E-state index contributed by atoms with van der Waals surface area (Å²) in [5.74, 6) is -1.41. The van der Waals surface area contributed by atoms with Gasteiger partial charge in [-0.2, -0.15) is 9.61 Å². The molecule has 0 aliphatic rings. The number of nitrogens with one attached hydrogen (secondary N) is 1. The number of ether oxygens (including phenoxy) is 1. The summed E-state index contributed by atoms with van der Waals surface area (Å²) in [5.41, 5.74) is 1.69. The predicted molar refractivity (Wildman–Crippen MR) is 137 cm³/mol. The summed E-state index contributed by atoms with van der Waals surface area (Å²) < 4.78 is 44.3. The number of carboxylic acid groups (broad SMARTS) is 1. The van der Waals surface area contributed by atoms with Crippen molar-refractivity contribution in [2.24, 2.45) is 0 Å². The van der Waals surface area contributed by atoms with Gasteiger partial charge in [-0.15, -0.1) is 13.2 Å². The standard InChI is InChI=1S/C27H21F3N6O3/c28-27(29,30)39-25-21(12-7-13-31-25)33-22-14-23(36-24(34-22)20(15-32-36)26(37)38)35(16-18-8-3-1-4-9-18)17-19-10-5-2-6-11-19/h1-15H,16-17H2,(H,33,34)(H,37,38). The van der Waals surface area contributed by atoms with Crippen molar-refractivity contribution in [3.8, 4) is 5.88 Å². The van der Waals surface area contributed by atoms with Crippen LogP contribution >= 0.6 is 0 Å². The molecule has 0 unspecified atom stereocenters. The molecular weight excluding hydrogens is 513 g/mol. The first-order valence-corrected chi connectivity index (χ1v) is 11.7. The van der Waals surface area contributed by atoms with E-state index in [-0.39, 0.29) is 22.7 Å². The predicted octanol–water partition coefficient (Wildman–Crippen LogP) is 5.67. The molecule has 9 nitrogen and oxygen atoms in total. The van der Waals surface area contributed by atoms with Crippen LogP contribution in [0.25, 0.3) is 5.65 Å². The summed E-state index contributed by atoms with van der Waals surface area (Å²) in [6.07, 6.45) is -2.61. The molecule has 198 valence electrons. The minimum Gasteiger partial charge on any atom is -0.477 e. The fraction of sp³-hybridized carbons (Fsp3) is 0.111. The zero-order valence-corrected chi connectivity index (χ0v) is 20.2. The van der Waals surface area contributed by atoms with Crippen LogP contribution in [0.3, 0.4) is 0 Å². The van der Waals surface area contributed by atoms with Crippen LogP contribution in [0.1, 0.15) is 21.5 Å². The average Bonchev–Trinajstić information content (AvgIpc) is 3.34. The van der Waals surface area contributed by atoms with Gasteiger partial charge in [-0.1, -0.05) is 60.7 Å². The molecule has 0 amide bonds. The van der Waals surface area contributed by atoms with Gasteiger partial charge in [0.1, 0.15) is 22.9 Å². The first-order valence-electron chi connectivity index (χ1n) is 11.7. The second-order valence-electron chi connectivity index (χ2n) is 8.45. The molecule has 2 aromatic carbocycles. The highest BCUT2D eigenvalue weighted by Crippen LogP contribution is 2.32. The number of alkyl halides is 3. The molecule has 2 N–H and O–H groups in total. The summed E-state index contributed by atoms with van der Waals surface area (Å²) in [7, 11) is 0. The molecule has 0 atom stereocenters. The maximum absolute atomic E-state index is 13.0. The Kier molecular flexibility index (Phi) is 7.00. The Bertz CT molecular complexity index is 1550. The fourth-order valence-corrected chi connectivity index (χ4v) is 4.03. The van der Waals surface area contributed by atoms with Gasteiger partial charge in [0.15, 0.2) is 5.65 Å². The number of benzene rings is 2. The number of aromatic nitrogens is 4. The van der Waals surface area contributed by atoms with E-state index in [1.807, 2.05) is 65.6 Å². The van der Waals surface area contributed by atoms with E-state index in [1.165, 1.54) is 22.8 Å². The number of halogens is 3. The van der Waals surface area contributed by atoms with Gasteiger partial charge in [-0.05, 0) is 23.3 Å². The molecule has 0 saturated carbocycles. The second kappa shape index (κ2) is 10.7. The number of carboxylic acids is 1. The van der Waals surface area contributed by atoms with Crippen molar-refractivity contribution >= 4 is 28.9 Å². The van der Waals surface area contributed by atoms with Crippen LogP contribution in [0.4, 0.5) is 30.5 Å². The quantitative estimate of drug-likeness (QED) is 0.249. The van der Waals surface area contributed by atoms with Crippen LogP contribution < -0.4 is 15.0 Å². The lowest BCUT2D eigenvalue weighted by Gasteiger charge is -2.26. The molecule has 3 aromatic heterocycles. The van der Waals surface area contributed by atoms with Crippen LogP contribution in [0, 0.1) is 0 Å². The molecule has 0 bridgehead atoms. The van der Waals surface area contributed by atoms with E-state index in [0.717, 1.165) is 17.3 Å². The van der Waals surface area contributed by atoms with E-state index >= 15 is 0 Å². The number of fused-ring (bicyclic) bond motifs is 1. The van der Waals surface area contributed by atoms with Gasteiger partial charge in [-0.3, -0.25) is 0 Å². The number of pyridine rings is 1. The number of carbonyl (C=O) groups is 1. The van der Waals surface area contributed by atoms with Crippen LogP contribution in [0.2, 0.25) is 0 Å². The van der Waals surface area contributed by atoms with Crippen molar-refractivity contribution in [2.45, 2.75) is 19.5 Å². The summed E-state index contributed by atoms with van der Waals surface area (Å²) in [6.45, 7) is 0.845. The summed E-state index contributed by atoms with van der Waals surface area (Å²) in [4.78, 5) is 21.9. The van der Waals surface area contributed by atoms with Crippen molar-refractivity contribution in [3.05, 3.63) is 108 Å². The second-order valence-corrected chi connectivity index (χ2v) is 8.45. The molecule has 0 radical (unpaired) electrons. The Balaban J connectivity index is 1.63. The highest BCUT2D eigenvalue weighted by molar-refractivity contribution is 5.94. The van der Waals surface area contributed by atoms with Gasteiger partial charge >= 0.3 is 12.3 Å². The number of rotatable bonds is 9. The molecule has 12 heteroatoms. The average molecular weight is 534 g/mol. The normalized spacial score (nSPS) is 11.4. The molecule has 39 heavy (non-hydrogen) atoms. The Morgan fingerprint density at radius 2 is 1.62 bits per heavy atom. The molecule has 0 aliphatic heterocycles. The van der Waals surface area contributed by atoms with Crippen LogP contribution in [-0.2, 0) is 13.1 Å². The van der Waals surface area contributed by atoms with Crippen LogP contribution in [-0.4, -0.2) is 37.0 Å². The Labute approximate surface area is 220 Å².